The van der Waals surface area contributed by atoms with E-state index in [1.165, 1.54) is 11.1 Å². The van der Waals surface area contributed by atoms with Crippen LogP contribution >= 0.6 is 15.9 Å². The average molecular weight is 239 g/mol. The van der Waals surface area contributed by atoms with Gasteiger partial charge >= 0.3 is 0 Å². The summed E-state index contributed by atoms with van der Waals surface area (Å²) in [7, 11) is 0. The number of hydrogen-bond donors (Lipinski definition) is 1. The molecule has 1 aromatic rings. The molecular weight excluding hydrogens is 228 g/mol. The molecule has 0 saturated heterocycles. The van der Waals surface area contributed by atoms with Crippen molar-refractivity contribution < 1.29 is 0 Å². The molecule has 1 unspecified atom stereocenters. The summed E-state index contributed by atoms with van der Waals surface area (Å²) in [6, 6.07) is 8.85. The summed E-state index contributed by atoms with van der Waals surface area (Å²) in [6.45, 7) is 2.11. The van der Waals surface area contributed by atoms with Crippen molar-refractivity contribution in [2.75, 3.05) is 0 Å². The number of hydrazone groups is 1. The molecule has 0 bridgehead atoms. The summed E-state index contributed by atoms with van der Waals surface area (Å²) < 4.78 is 0.999. The highest BCUT2D eigenvalue weighted by Crippen LogP contribution is 2.23. The van der Waals surface area contributed by atoms with E-state index in [1.54, 1.807) is 0 Å². The van der Waals surface area contributed by atoms with Gasteiger partial charge in [-0.05, 0) is 28.4 Å². The molecule has 0 aliphatic carbocycles. The SMILES string of the molecule is Cc1cccc(C2CC(Br)=NN2)c1. The van der Waals surface area contributed by atoms with Gasteiger partial charge in [0.25, 0.3) is 0 Å². The third-order valence-electron chi connectivity index (χ3n) is 2.16. The highest BCUT2D eigenvalue weighted by molar-refractivity contribution is 9.18. The van der Waals surface area contributed by atoms with E-state index in [2.05, 4.69) is 57.6 Å². The van der Waals surface area contributed by atoms with Crippen LogP contribution in [-0.4, -0.2) is 4.62 Å². The number of benzene rings is 1. The maximum absolute atomic E-state index is 4.11. The van der Waals surface area contributed by atoms with E-state index in [1.807, 2.05) is 0 Å². The van der Waals surface area contributed by atoms with Crippen LogP contribution in [0.5, 0.6) is 0 Å². The van der Waals surface area contributed by atoms with Crippen molar-refractivity contribution in [3.05, 3.63) is 35.4 Å². The molecule has 1 heterocycles. The standard InChI is InChI=1S/C10H11BrN2/c1-7-3-2-4-8(5-7)9-6-10(11)13-12-9/h2-5,9,12H,6H2,1H3. The summed E-state index contributed by atoms with van der Waals surface area (Å²) >= 11 is 3.38. The molecule has 1 aliphatic heterocycles. The number of aryl methyl sites for hydroxylation is 1. The van der Waals surface area contributed by atoms with Crippen LogP contribution < -0.4 is 5.43 Å². The zero-order valence-corrected chi connectivity index (χ0v) is 9.01. The molecule has 2 nitrogen and oxygen atoms in total. The second-order valence-electron chi connectivity index (χ2n) is 3.29. The van der Waals surface area contributed by atoms with Gasteiger partial charge in [-0.2, -0.15) is 5.10 Å². The minimum Gasteiger partial charge on any atom is -0.301 e. The largest absolute Gasteiger partial charge is 0.301 e. The molecule has 68 valence electrons. The predicted molar refractivity (Wildman–Crippen MR) is 58.0 cm³/mol. The Labute approximate surface area is 86.2 Å². The third-order valence-corrected chi connectivity index (χ3v) is 2.66. The van der Waals surface area contributed by atoms with Crippen LogP contribution in [-0.2, 0) is 0 Å². The fourth-order valence-corrected chi connectivity index (χ4v) is 1.91. The Hall–Kier alpha value is -0.830. The lowest BCUT2D eigenvalue weighted by Gasteiger charge is -2.09. The molecule has 13 heavy (non-hydrogen) atoms. The van der Waals surface area contributed by atoms with Crippen LogP contribution in [0, 0.1) is 6.92 Å². The maximum Gasteiger partial charge on any atom is 0.105 e. The fraction of sp³-hybridized carbons (Fsp3) is 0.300. The van der Waals surface area contributed by atoms with E-state index in [9.17, 15) is 0 Å². The molecule has 1 aromatic carbocycles. The van der Waals surface area contributed by atoms with Gasteiger partial charge in [0.15, 0.2) is 0 Å². The lowest BCUT2D eigenvalue weighted by atomic mass is 10.0. The average Bonchev–Trinajstić information content (AvgIpc) is 2.52. The molecule has 0 saturated carbocycles. The fourth-order valence-electron chi connectivity index (χ4n) is 1.49. The number of rotatable bonds is 1. The zero-order valence-electron chi connectivity index (χ0n) is 7.42. The van der Waals surface area contributed by atoms with E-state index >= 15 is 0 Å². The Morgan fingerprint density at radius 2 is 2.38 bits per heavy atom. The van der Waals surface area contributed by atoms with Crippen molar-refractivity contribution in [3.8, 4) is 0 Å². The molecule has 0 fully saturated rings. The molecular formula is C10H11BrN2. The quantitative estimate of drug-likeness (QED) is 0.800. The van der Waals surface area contributed by atoms with Gasteiger partial charge in [-0.3, -0.25) is 0 Å². The summed E-state index contributed by atoms with van der Waals surface area (Å²) in [5.41, 5.74) is 5.69. The molecule has 0 amide bonds. The number of halogens is 1. The molecule has 0 radical (unpaired) electrons. The molecule has 0 aromatic heterocycles. The van der Waals surface area contributed by atoms with Crippen molar-refractivity contribution in [3.63, 3.8) is 0 Å². The van der Waals surface area contributed by atoms with Gasteiger partial charge in [0.05, 0.1) is 6.04 Å². The highest BCUT2D eigenvalue weighted by atomic mass is 79.9. The summed E-state index contributed by atoms with van der Waals surface area (Å²) in [4.78, 5) is 0. The first-order valence-electron chi connectivity index (χ1n) is 4.30. The van der Waals surface area contributed by atoms with Crippen molar-refractivity contribution in [2.45, 2.75) is 19.4 Å². The van der Waals surface area contributed by atoms with Gasteiger partial charge in [-0.1, -0.05) is 29.8 Å². The second kappa shape index (κ2) is 3.50. The van der Waals surface area contributed by atoms with Crippen LogP contribution in [0.4, 0.5) is 0 Å². The maximum atomic E-state index is 4.11. The minimum atomic E-state index is 0.342. The first kappa shape index (κ1) is 8.75. The van der Waals surface area contributed by atoms with Crippen LogP contribution in [0.2, 0.25) is 0 Å². The molecule has 0 spiro atoms. The Morgan fingerprint density at radius 1 is 1.54 bits per heavy atom. The number of hydrogen-bond acceptors (Lipinski definition) is 2. The molecule has 2 rings (SSSR count). The Balaban J connectivity index is 2.18. The van der Waals surface area contributed by atoms with E-state index in [0.29, 0.717) is 6.04 Å². The Kier molecular flexibility index (Phi) is 2.36. The normalized spacial score (nSPS) is 21.1. The number of nitrogens with zero attached hydrogens (tertiary/aromatic N) is 1. The summed E-state index contributed by atoms with van der Waals surface area (Å²) in [5.74, 6) is 0. The Morgan fingerprint density at radius 3 is 3.00 bits per heavy atom. The smallest absolute Gasteiger partial charge is 0.105 e. The van der Waals surface area contributed by atoms with E-state index in [0.717, 1.165) is 11.0 Å². The lowest BCUT2D eigenvalue weighted by Crippen LogP contribution is -2.09. The van der Waals surface area contributed by atoms with Gasteiger partial charge in [0.2, 0.25) is 0 Å². The topological polar surface area (TPSA) is 24.4 Å². The molecule has 1 atom stereocenters. The van der Waals surface area contributed by atoms with Gasteiger partial charge in [0, 0.05) is 6.42 Å². The van der Waals surface area contributed by atoms with Crippen LogP contribution in [0.15, 0.2) is 29.4 Å². The third kappa shape index (κ3) is 1.91. The first-order chi connectivity index (χ1) is 6.25. The van der Waals surface area contributed by atoms with Crippen LogP contribution in [0.25, 0.3) is 0 Å². The van der Waals surface area contributed by atoms with Crippen molar-refractivity contribution >= 4 is 20.6 Å². The minimum absolute atomic E-state index is 0.342. The molecule has 1 N–H and O–H groups in total. The van der Waals surface area contributed by atoms with Crippen LogP contribution in [0.3, 0.4) is 0 Å². The van der Waals surface area contributed by atoms with Gasteiger partial charge in [-0.15, -0.1) is 0 Å². The Bertz CT molecular complexity index is 347. The first-order valence-corrected chi connectivity index (χ1v) is 5.09. The van der Waals surface area contributed by atoms with E-state index in [-0.39, 0.29) is 0 Å². The summed E-state index contributed by atoms with van der Waals surface area (Å²) in [5, 5.41) is 4.11. The molecule has 3 heteroatoms. The number of nitrogens with one attached hydrogen (secondary N) is 1. The summed E-state index contributed by atoms with van der Waals surface area (Å²) in [6.07, 6.45) is 0.948. The van der Waals surface area contributed by atoms with Crippen molar-refractivity contribution in [1.82, 2.24) is 5.43 Å². The molecule has 1 aliphatic rings. The van der Waals surface area contributed by atoms with Crippen molar-refractivity contribution in [1.29, 1.82) is 0 Å². The van der Waals surface area contributed by atoms with Gasteiger partial charge < -0.3 is 5.43 Å². The predicted octanol–water partition coefficient (Wildman–Crippen LogP) is 2.74. The highest BCUT2D eigenvalue weighted by Gasteiger charge is 2.17. The van der Waals surface area contributed by atoms with Gasteiger partial charge in [0.1, 0.15) is 4.62 Å². The zero-order chi connectivity index (χ0) is 9.26. The monoisotopic (exact) mass is 238 g/mol. The van der Waals surface area contributed by atoms with Gasteiger partial charge in [-0.25, -0.2) is 0 Å². The van der Waals surface area contributed by atoms with E-state index in [4.69, 9.17) is 0 Å². The second-order valence-corrected chi connectivity index (χ2v) is 4.20. The van der Waals surface area contributed by atoms with E-state index < -0.39 is 0 Å². The van der Waals surface area contributed by atoms with Crippen molar-refractivity contribution in [2.24, 2.45) is 5.10 Å². The van der Waals surface area contributed by atoms with Crippen LogP contribution in [0.1, 0.15) is 23.6 Å². The lowest BCUT2D eigenvalue weighted by molar-refractivity contribution is 0.620.